The number of carbonyl (C=O) groups excluding carboxylic acids is 1. The molecule has 2 aliphatic rings. The summed E-state index contributed by atoms with van der Waals surface area (Å²) in [6.07, 6.45) is 3.46. The number of aliphatic carboxylic acids is 1. The lowest BCUT2D eigenvalue weighted by atomic mass is 10.2. The second kappa shape index (κ2) is 10.9. The number of hydrogen-bond donors (Lipinski definition) is 2. The average molecular weight is 450 g/mol. The first kappa shape index (κ1) is 22.7. The molecule has 1 aromatic carbocycles. The van der Waals surface area contributed by atoms with Crippen molar-refractivity contribution < 1.29 is 19.4 Å². The Hall–Kier alpha value is -1.97. The lowest BCUT2D eigenvalue weighted by molar-refractivity contribution is -0.136. The third-order valence-corrected chi connectivity index (χ3v) is 7.20. The first-order valence-electron chi connectivity index (χ1n) is 10.1. The number of nitrogens with one attached hydrogen (secondary N) is 1. The molecule has 0 saturated carbocycles. The Morgan fingerprint density at radius 1 is 1.37 bits per heavy atom. The molecule has 3 rings (SSSR count). The van der Waals surface area contributed by atoms with Crippen molar-refractivity contribution in [1.82, 2.24) is 4.90 Å². The summed E-state index contributed by atoms with van der Waals surface area (Å²) in [5, 5.41) is 12.7. The van der Waals surface area contributed by atoms with Crippen LogP contribution in [0.2, 0.25) is 0 Å². The third kappa shape index (κ3) is 5.59. The van der Waals surface area contributed by atoms with E-state index in [1.165, 1.54) is 23.5 Å². The molecule has 2 heterocycles. The topological polar surface area (TPSA) is 91.2 Å². The van der Waals surface area contributed by atoms with E-state index in [-0.39, 0.29) is 5.91 Å². The van der Waals surface area contributed by atoms with Crippen LogP contribution in [-0.4, -0.2) is 59.1 Å². The Labute approximate surface area is 185 Å². The highest BCUT2D eigenvalue weighted by Crippen LogP contribution is 2.37. The van der Waals surface area contributed by atoms with Crippen molar-refractivity contribution in [2.75, 3.05) is 32.1 Å². The number of rotatable bonds is 10. The third-order valence-electron chi connectivity index (χ3n) is 4.77. The molecule has 0 radical (unpaired) electrons. The zero-order valence-corrected chi connectivity index (χ0v) is 18.9. The van der Waals surface area contributed by atoms with Gasteiger partial charge in [0.2, 0.25) is 0 Å². The minimum Gasteiger partial charge on any atom is -0.480 e. The molecule has 2 aliphatic heterocycles. The minimum atomic E-state index is -0.791. The fourth-order valence-electron chi connectivity index (χ4n) is 3.24. The van der Waals surface area contributed by atoms with Gasteiger partial charge in [0.25, 0.3) is 5.91 Å². The number of aliphatic imine (C=N–C) groups is 1. The number of fused-ring (bicyclic) bond motifs is 1. The van der Waals surface area contributed by atoms with Gasteiger partial charge in [-0.1, -0.05) is 19.8 Å². The van der Waals surface area contributed by atoms with Gasteiger partial charge in [0.15, 0.2) is 5.17 Å². The van der Waals surface area contributed by atoms with Gasteiger partial charge in [-0.25, -0.2) is 0 Å². The highest BCUT2D eigenvalue weighted by molar-refractivity contribution is 8.18. The van der Waals surface area contributed by atoms with Crippen LogP contribution >= 0.6 is 23.5 Å². The number of carbonyl (C=O) groups is 2. The summed E-state index contributed by atoms with van der Waals surface area (Å²) in [4.78, 5) is 32.4. The molecule has 2 N–H and O–H groups in total. The van der Waals surface area contributed by atoms with Crippen LogP contribution in [0.15, 0.2) is 44.8 Å². The van der Waals surface area contributed by atoms with E-state index in [2.05, 4.69) is 22.1 Å². The van der Waals surface area contributed by atoms with Crippen molar-refractivity contribution in [2.45, 2.75) is 42.8 Å². The fraction of sp³-hybridized carbons (Fsp3) is 0.476. The van der Waals surface area contributed by atoms with Crippen LogP contribution in [-0.2, 0) is 14.3 Å². The first-order valence-corrected chi connectivity index (χ1v) is 11.8. The molecule has 162 valence electrons. The highest BCUT2D eigenvalue weighted by atomic mass is 32.2. The number of thioether (sulfide) groups is 2. The summed E-state index contributed by atoms with van der Waals surface area (Å²) < 4.78 is 5.31. The second-order valence-corrected chi connectivity index (χ2v) is 9.30. The maximum Gasteiger partial charge on any atom is 0.316 e. The van der Waals surface area contributed by atoms with Crippen LogP contribution in [0.4, 0.5) is 5.69 Å². The average Bonchev–Trinajstić information content (AvgIpc) is 3.11. The Balaban J connectivity index is 1.66. The second-order valence-electron chi connectivity index (χ2n) is 7.05. The van der Waals surface area contributed by atoms with Crippen LogP contribution < -0.4 is 5.32 Å². The quantitative estimate of drug-likeness (QED) is 0.521. The molecule has 9 heteroatoms. The van der Waals surface area contributed by atoms with Gasteiger partial charge in [-0.2, -0.15) is 0 Å². The lowest BCUT2D eigenvalue weighted by Crippen LogP contribution is -2.31. The van der Waals surface area contributed by atoms with Crippen molar-refractivity contribution in [1.29, 1.82) is 0 Å². The van der Waals surface area contributed by atoms with Gasteiger partial charge in [0, 0.05) is 30.8 Å². The number of unbranched alkanes of at least 4 members (excludes halogenated alkanes) is 1. The summed E-state index contributed by atoms with van der Waals surface area (Å²) in [6, 6.07) is 7.31. The summed E-state index contributed by atoms with van der Waals surface area (Å²) in [5.74, 6) is -0.975. The first-order chi connectivity index (χ1) is 14.5. The van der Waals surface area contributed by atoms with Gasteiger partial charge < -0.3 is 20.1 Å². The number of carboxylic acids is 1. The van der Waals surface area contributed by atoms with E-state index in [0.29, 0.717) is 23.6 Å². The number of carboxylic acid groups (broad SMARTS) is 1. The molecule has 0 spiro atoms. The van der Waals surface area contributed by atoms with Gasteiger partial charge in [-0.05, 0) is 48.9 Å². The Bertz CT molecular complexity index is 839. The molecular formula is C21H27N3O4S2. The number of nitrogens with zero attached hydrogens (tertiary/aromatic N) is 2. The highest BCUT2D eigenvalue weighted by Gasteiger charge is 2.34. The predicted octanol–water partition coefficient (Wildman–Crippen LogP) is 4.03. The van der Waals surface area contributed by atoms with Crippen molar-refractivity contribution in [3.8, 4) is 0 Å². The normalized spacial score (nSPS) is 16.9. The van der Waals surface area contributed by atoms with Crippen LogP contribution in [0.25, 0.3) is 0 Å². The molecule has 1 atom stereocenters. The molecule has 7 nitrogen and oxygen atoms in total. The molecule has 1 aromatic rings. The largest absolute Gasteiger partial charge is 0.480 e. The number of amidine groups is 1. The smallest absolute Gasteiger partial charge is 0.316 e. The van der Waals surface area contributed by atoms with E-state index in [1.807, 2.05) is 12.1 Å². The summed E-state index contributed by atoms with van der Waals surface area (Å²) in [6.45, 7) is 4.03. The Morgan fingerprint density at radius 2 is 2.13 bits per heavy atom. The monoisotopic (exact) mass is 449 g/mol. The van der Waals surface area contributed by atoms with Gasteiger partial charge >= 0.3 is 5.97 Å². The Kier molecular flexibility index (Phi) is 8.24. The van der Waals surface area contributed by atoms with E-state index in [0.717, 1.165) is 48.1 Å². The zero-order chi connectivity index (χ0) is 21.5. The molecule has 1 unspecified atom stereocenters. The van der Waals surface area contributed by atoms with Crippen molar-refractivity contribution in [3.05, 3.63) is 34.9 Å². The molecular weight excluding hydrogens is 422 g/mol. The van der Waals surface area contributed by atoms with Gasteiger partial charge in [-0.15, -0.1) is 11.8 Å². The molecule has 0 fully saturated rings. The molecule has 30 heavy (non-hydrogen) atoms. The number of ether oxygens (including phenoxy) is 1. The Morgan fingerprint density at radius 3 is 2.80 bits per heavy atom. The lowest BCUT2D eigenvalue weighted by Gasteiger charge is -2.24. The van der Waals surface area contributed by atoms with Gasteiger partial charge in [-0.3, -0.25) is 14.6 Å². The summed E-state index contributed by atoms with van der Waals surface area (Å²) in [5.41, 5.74) is 1.52. The van der Waals surface area contributed by atoms with E-state index in [1.54, 1.807) is 19.2 Å². The molecule has 0 aromatic heterocycles. The number of amides is 1. The van der Waals surface area contributed by atoms with Gasteiger partial charge in [0.1, 0.15) is 10.2 Å². The van der Waals surface area contributed by atoms with E-state index in [4.69, 9.17) is 4.74 Å². The maximum atomic E-state index is 12.9. The fourth-order valence-corrected chi connectivity index (χ4v) is 5.33. The maximum absolute atomic E-state index is 12.9. The van der Waals surface area contributed by atoms with E-state index in [9.17, 15) is 14.7 Å². The SMILES string of the molecule is CCCCC(Sc1ccc(NC(=O)C2=C(COC)N3CCCN=C3S2)cc1)C(=O)O. The predicted molar refractivity (Wildman–Crippen MR) is 122 cm³/mol. The van der Waals surface area contributed by atoms with Crippen molar-refractivity contribution in [2.24, 2.45) is 4.99 Å². The minimum absolute atomic E-state index is 0.184. The van der Waals surface area contributed by atoms with Crippen molar-refractivity contribution in [3.63, 3.8) is 0 Å². The van der Waals surface area contributed by atoms with E-state index < -0.39 is 11.2 Å². The molecule has 0 aliphatic carbocycles. The van der Waals surface area contributed by atoms with Crippen LogP contribution in [0.5, 0.6) is 0 Å². The molecule has 0 bridgehead atoms. The summed E-state index contributed by atoms with van der Waals surface area (Å²) >= 11 is 2.73. The number of methoxy groups -OCH3 is 1. The number of benzene rings is 1. The van der Waals surface area contributed by atoms with Crippen LogP contribution in [0.3, 0.4) is 0 Å². The molecule has 0 saturated heterocycles. The van der Waals surface area contributed by atoms with Crippen LogP contribution in [0, 0.1) is 0 Å². The zero-order valence-electron chi connectivity index (χ0n) is 17.2. The number of anilines is 1. The van der Waals surface area contributed by atoms with Gasteiger partial charge in [0.05, 0.1) is 12.3 Å². The standard InChI is InChI=1S/C21H27N3O4S2/c1-3-4-6-17(20(26)27)29-15-9-7-14(8-10-15)23-19(25)18-16(13-28-2)24-12-5-11-22-21(24)30-18/h7-10,17H,3-6,11-13H2,1-2H3,(H,23,25)(H,26,27). The summed E-state index contributed by atoms with van der Waals surface area (Å²) in [7, 11) is 1.62. The van der Waals surface area contributed by atoms with E-state index >= 15 is 0 Å². The number of hydrogen-bond acceptors (Lipinski definition) is 7. The van der Waals surface area contributed by atoms with Crippen LogP contribution in [0.1, 0.15) is 32.6 Å². The van der Waals surface area contributed by atoms with Crippen molar-refractivity contribution >= 4 is 46.3 Å². The molecule has 1 amide bonds.